The summed E-state index contributed by atoms with van der Waals surface area (Å²) in [6.45, 7) is 12.0. The molecule has 1 N–H and O–H groups in total. The predicted octanol–water partition coefficient (Wildman–Crippen LogP) is 3.88. The van der Waals surface area contributed by atoms with Crippen LogP contribution in [0.1, 0.15) is 56.5 Å². The zero-order valence-electron chi connectivity index (χ0n) is 16.3. The van der Waals surface area contributed by atoms with Crippen molar-refractivity contribution in [2.45, 2.75) is 53.0 Å². The van der Waals surface area contributed by atoms with E-state index in [1.165, 1.54) is 5.56 Å². The lowest BCUT2D eigenvalue weighted by atomic mass is 10.00. The first-order valence-corrected chi connectivity index (χ1v) is 9.50. The number of carbonyl (C=O) groups is 1. The van der Waals surface area contributed by atoms with E-state index in [2.05, 4.69) is 45.1 Å². The molecule has 0 saturated heterocycles. The molecule has 0 aliphatic carbocycles. The van der Waals surface area contributed by atoms with Gasteiger partial charge in [0, 0.05) is 31.2 Å². The summed E-state index contributed by atoms with van der Waals surface area (Å²) in [6, 6.07) is 8.51. The lowest BCUT2D eigenvalue weighted by Crippen LogP contribution is -2.27. The van der Waals surface area contributed by atoms with Crippen LogP contribution in [0.4, 0.5) is 0 Å². The molecule has 0 bridgehead atoms. The molecule has 25 heavy (non-hydrogen) atoms. The Hall–Kier alpha value is -1.23. The van der Waals surface area contributed by atoms with Gasteiger partial charge in [0.2, 0.25) is 0 Å². The zero-order valence-corrected chi connectivity index (χ0v) is 16.3. The minimum Gasteiger partial charge on any atom is -0.379 e. The van der Waals surface area contributed by atoms with Crippen LogP contribution in [-0.4, -0.2) is 44.8 Å². The van der Waals surface area contributed by atoms with Gasteiger partial charge in [-0.05, 0) is 24.3 Å². The monoisotopic (exact) mass is 349 g/mol. The van der Waals surface area contributed by atoms with Crippen LogP contribution in [0.15, 0.2) is 24.3 Å². The summed E-state index contributed by atoms with van der Waals surface area (Å²) in [6.07, 6.45) is 2.34. The zero-order chi connectivity index (χ0) is 18.5. The van der Waals surface area contributed by atoms with Crippen LogP contribution in [0.3, 0.4) is 0 Å². The van der Waals surface area contributed by atoms with Crippen molar-refractivity contribution in [3.05, 3.63) is 35.4 Å². The molecule has 0 saturated carbocycles. The number of hydrogen-bond acceptors (Lipinski definition) is 4. The maximum absolute atomic E-state index is 12.2. The van der Waals surface area contributed by atoms with Crippen molar-refractivity contribution in [2.75, 3.05) is 33.0 Å². The number of ether oxygens (including phenoxy) is 2. The number of carbonyl (C=O) groups excluding carboxylic acids is 1. The molecule has 0 radical (unpaired) electrons. The molecule has 0 unspecified atom stereocenters. The van der Waals surface area contributed by atoms with E-state index in [0.717, 1.165) is 24.9 Å². The Labute approximate surface area is 153 Å². The first kappa shape index (κ1) is 21.8. The van der Waals surface area contributed by atoms with E-state index < -0.39 is 0 Å². The van der Waals surface area contributed by atoms with Crippen molar-refractivity contribution in [3.8, 4) is 0 Å². The van der Waals surface area contributed by atoms with Crippen molar-refractivity contribution in [3.63, 3.8) is 0 Å². The van der Waals surface area contributed by atoms with Gasteiger partial charge in [-0.25, -0.2) is 0 Å². The van der Waals surface area contributed by atoms with Gasteiger partial charge in [0.25, 0.3) is 0 Å². The Morgan fingerprint density at radius 3 is 2.20 bits per heavy atom. The van der Waals surface area contributed by atoms with Gasteiger partial charge in [-0.2, -0.15) is 0 Å². The highest BCUT2D eigenvalue weighted by atomic mass is 16.5. The lowest BCUT2D eigenvalue weighted by molar-refractivity contribution is 0.0467. The predicted molar refractivity (Wildman–Crippen MR) is 103 cm³/mol. The highest BCUT2D eigenvalue weighted by Crippen LogP contribution is 2.12. The maximum Gasteiger partial charge on any atom is 0.162 e. The first-order chi connectivity index (χ1) is 12.0. The quantitative estimate of drug-likeness (QED) is 0.409. The summed E-state index contributed by atoms with van der Waals surface area (Å²) in [5, 5.41) is 3.29. The van der Waals surface area contributed by atoms with E-state index in [-0.39, 0.29) is 5.78 Å². The van der Waals surface area contributed by atoms with Gasteiger partial charge in [0.15, 0.2) is 5.78 Å². The molecule has 0 atom stereocenters. The Kier molecular flexibility index (Phi) is 11.4. The van der Waals surface area contributed by atoms with Gasteiger partial charge in [0.1, 0.15) is 0 Å². The SMILES string of the molecule is CC(C)Cc1ccc(C(=O)CCCOCCOCCNC(C)C)cc1. The Morgan fingerprint density at radius 1 is 0.960 bits per heavy atom. The van der Waals surface area contributed by atoms with Crippen molar-refractivity contribution in [2.24, 2.45) is 5.92 Å². The van der Waals surface area contributed by atoms with Crippen LogP contribution >= 0.6 is 0 Å². The van der Waals surface area contributed by atoms with Crippen molar-refractivity contribution in [1.29, 1.82) is 0 Å². The van der Waals surface area contributed by atoms with Gasteiger partial charge >= 0.3 is 0 Å². The largest absolute Gasteiger partial charge is 0.379 e. The molecular formula is C21H35NO3. The van der Waals surface area contributed by atoms with Gasteiger partial charge in [-0.3, -0.25) is 4.79 Å². The fourth-order valence-corrected chi connectivity index (χ4v) is 2.52. The molecule has 0 amide bonds. The van der Waals surface area contributed by atoms with Gasteiger partial charge < -0.3 is 14.8 Å². The van der Waals surface area contributed by atoms with E-state index in [1.807, 2.05) is 12.1 Å². The topological polar surface area (TPSA) is 47.6 Å². The summed E-state index contributed by atoms with van der Waals surface area (Å²) >= 11 is 0. The molecule has 0 fully saturated rings. The van der Waals surface area contributed by atoms with Gasteiger partial charge in [-0.1, -0.05) is 52.0 Å². The van der Waals surface area contributed by atoms with Crippen LogP contribution < -0.4 is 5.32 Å². The van der Waals surface area contributed by atoms with Crippen LogP contribution in [0, 0.1) is 5.92 Å². The molecule has 4 heteroatoms. The molecule has 0 aliphatic heterocycles. The average molecular weight is 350 g/mol. The molecule has 0 aromatic heterocycles. The molecule has 0 spiro atoms. The third-order valence-corrected chi connectivity index (χ3v) is 3.78. The van der Waals surface area contributed by atoms with Crippen LogP contribution in [-0.2, 0) is 15.9 Å². The third kappa shape index (κ3) is 11.1. The molecule has 1 aromatic carbocycles. The van der Waals surface area contributed by atoms with Crippen molar-refractivity contribution < 1.29 is 14.3 Å². The van der Waals surface area contributed by atoms with Gasteiger partial charge in [0.05, 0.1) is 19.8 Å². The number of benzene rings is 1. The lowest BCUT2D eigenvalue weighted by Gasteiger charge is -2.09. The number of nitrogens with one attached hydrogen (secondary N) is 1. The normalized spacial score (nSPS) is 11.4. The van der Waals surface area contributed by atoms with Gasteiger partial charge in [-0.15, -0.1) is 0 Å². The minimum atomic E-state index is 0.190. The number of ketones is 1. The second kappa shape index (κ2) is 13.0. The average Bonchev–Trinajstić information content (AvgIpc) is 2.56. The molecule has 142 valence electrons. The Balaban J connectivity index is 2.05. The van der Waals surface area contributed by atoms with Crippen molar-refractivity contribution in [1.82, 2.24) is 5.32 Å². The number of rotatable bonds is 14. The van der Waals surface area contributed by atoms with E-state index in [0.29, 0.717) is 44.8 Å². The van der Waals surface area contributed by atoms with E-state index in [9.17, 15) is 4.79 Å². The molecule has 0 heterocycles. The standard InChI is InChI=1S/C21H35NO3/c1-17(2)16-19-7-9-20(10-8-19)21(23)6-5-12-24-14-15-25-13-11-22-18(3)4/h7-10,17-18,22H,5-6,11-16H2,1-4H3. The summed E-state index contributed by atoms with van der Waals surface area (Å²) < 4.78 is 11.0. The van der Waals surface area contributed by atoms with E-state index >= 15 is 0 Å². The highest BCUT2D eigenvalue weighted by Gasteiger charge is 2.06. The molecule has 1 rings (SSSR count). The van der Waals surface area contributed by atoms with Crippen LogP contribution in [0.25, 0.3) is 0 Å². The molecule has 1 aromatic rings. The molecular weight excluding hydrogens is 314 g/mol. The molecule has 0 aliphatic rings. The second-order valence-corrected chi connectivity index (χ2v) is 7.16. The third-order valence-electron chi connectivity index (χ3n) is 3.78. The fraction of sp³-hybridized carbons (Fsp3) is 0.667. The smallest absolute Gasteiger partial charge is 0.162 e. The van der Waals surface area contributed by atoms with Crippen molar-refractivity contribution >= 4 is 5.78 Å². The second-order valence-electron chi connectivity index (χ2n) is 7.16. The van der Waals surface area contributed by atoms with Crippen LogP contribution in [0.2, 0.25) is 0 Å². The summed E-state index contributed by atoms with van der Waals surface area (Å²) in [5.41, 5.74) is 2.09. The summed E-state index contributed by atoms with van der Waals surface area (Å²) in [7, 11) is 0. The Bertz CT molecular complexity index is 469. The van der Waals surface area contributed by atoms with Crippen LogP contribution in [0.5, 0.6) is 0 Å². The molecule has 4 nitrogen and oxygen atoms in total. The highest BCUT2D eigenvalue weighted by molar-refractivity contribution is 5.96. The maximum atomic E-state index is 12.2. The van der Waals surface area contributed by atoms with E-state index in [1.54, 1.807) is 0 Å². The number of hydrogen-bond donors (Lipinski definition) is 1. The Morgan fingerprint density at radius 2 is 1.60 bits per heavy atom. The minimum absolute atomic E-state index is 0.190. The fourth-order valence-electron chi connectivity index (χ4n) is 2.52. The summed E-state index contributed by atoms with van der Waals surface area (Å²) in [4.78, 5) is 12.2. The number of Topliss-reactive ketones (excluding diaryl/α,β-unsaturated/α-hetero) is 1. The first-order valence-electron chi connectivity index (χ1n) is 9.50. The summed E-state index contributed by atoms with van der Waals surface area (Å²) in [5.74, 6) is 0.824. The van der Waals surface area contributed by atoms with E-state index in [4.69, 9.17) is 9.47 Å².